The van der Waals surface area contributed by atoms with E-state index in [2.05, 4.69) is 31.1 Å². The van der Waals surface area contributed by atoms with Crippen molar-refractivity contribution < 1.29 is 23.9 Å². The van der Waals surface area contributed by atoms with Gasteiger partial charge in [-0.2, -0.15) is 0 Å². The molecular formula is C29H35ClNO5P. The van der Waals surface area contributed by atoms with Crippen molar-refractivity contribution in [2.45, 2.75) is 59.2 Å². The van der Waals surface area contributed by atoms with E-state index < -0.39 is 13.7 Å². The second kappa shape index (κ2) is 13.8. The van der Waals surface area contributed by atoms with Gasteiger partial charge in [0.25, 0.3) is 0 Å². The summed E-state index contributed by atoms with van der Waals surface area (Å²) in [5.74, 6) is 0.750. The van der Waals surface area contributed by atoms with Gasteiger partial charge < -0.3 is 19.4 Å². The first-order valence-corrected chi connectivity index (χ1v) is 14.6. The van der Waals surface area contributed by atoms with Gasteiger partial charge >= 0.3 is 7.60 Å². The SMILES string of the molecule is C/C(=N\OCc1ccc(CCCCCP(=O)(O)O)cc1)C(Oc1ccc(C)c(C)c1)c1cccc(Cl)c1. The third kappa shape index (κ3) is 9.98. The van der Waals surface area contributed by atoms with Crippen LogP contribution in [0.25, 0.3) is 0 Å². The maximum absolute atomic E-state index is 10.9. The van der Waals surface area contributed by atoms with Gasteiger partial charge in [0.2, 0.25) is 0 Å². The lowest BCUT2D eigenvalue weighted by atomic mass is 10.1. The molecule has 37 heavy (non-hydrogen) atoms. The predicted molar refractivity (Wildman–Crippen MR) is 150 cm³/mol. The number of hydrogen-bond acceptors (Lipinski definition) is 4. The van der Waals surface area contributed by atoms with E-state index in [-0.39, 0.29) is 6.16 Å². The zero-order chi connectivity index (χ0) is 26.8. The van der Waals surface area contributed by atoms with Crippen LogP contribution in [-0.2, 0) is 22.4 Å². The molecule has 0 bridgehead atoms. The molecule has 3 aromatic rings. The van der Waals surface area contributed by atoms with Gasteiger partial charge in [0, 0.05) is 11.2 Å². The van der Waals surface area contributed by atoms with Crippen molar-refractivity contribution in [1.82, 2.24) is 0 Å². The summed E-state index contributed by atoms with van der Waals surface area (Å²) < 4.78 is 17.3. The summed E-state index contributed by atoms with van der Waals surface area (Å²) in [5, 5.41) is 4.99. The quantitative estimate of drug-likeness (QED) is 0.100. The van der Waals surface area contributed by atoms with E-state index in [1.165, 1.54) is 11.1 Å². The Morgan fingerprint density at radius 2 is 1.68 bits per heavy atom. The maximum Gasteiger partial charge on any atom is 0.325 e. The summed E-state index contributed by atoms with van der Waals surface area (Å²) in [6.45, 7) is 6.32. The minimum atomic E-state index is -3.89. The predicted octanol–water partition coefficient (Wildman–Crippen LogP) is 7.56. The first kappa shape index (κ1) is 28.9. The van der Waals surface area contributed by atoms with Crippen molar-refractivity contribution in [3.8, 4) is 5.75 Å². The molecule has 0 amide bonds. The topological polar surface area (TPSA) is 88.4 Å². The fraction of sp³-hybridized carbons (Fsp3) is 0.345. The molecule has 0 radical (unpaired) electrons. The van der Waals surface area contributed by atoms with Gasteiger partial charge in [0.15, 0.2) is 6.10 Å². The minimum Gasteiger partial charge on any atom is -0.480 e. The van der Waals surface area contributed by atoms with Crippen LogP contribution < -0.4 is 4.74 Å². The van der Waals surface area contributed by atoms with Crippen LogP contribution >= 0.6 is 19.2 Å². The second-order valence-electron chi connectivity index (χ2n) is 9.32. The van der Waals surface area contributed by atoms with Crippen LogP contribution in [0.3, 0.4) is 0 Å². The lowest BCUT2D eigenvalue weighted by Crippen LogP contribution is -2.17. The van der Waals surface area contributed by atoms with Crippen LogP contribution in [0.5, 0.6) is 5.75 Å². The average molecular weight is 544 g/mol. The van der Waals surface area contributed by atoms with E-state index in [1.807, 2.05) is 61.5 Å². The molecule has 0 saturated heterocycles. The number of halogens is 1. The highest BCUT2D eigenvalue weighted by atomic mass is 35.5. The number of unbranched alkanes of at least 4 members (excludes halogenated alkanes) is 2. The molecule has 0 heterocycles. The summed E-state index contributed by atoms with van der Waals surface area (Å²) in [6.07, 6.45) is 2.60. The summed E-state index contributed by atoms with van der Waals surface area (Å²) in [7, 11) is -3.89. The van der Waals surface area contributed by atoms with Gasteiger partial charge in [-0.05, 0) is 92.1 Å². The third-order valence-electron chi connectivity index (χ3n) is 6.14. The summed E-state index contributed by atoms with van der Waals surface area (Å²) >= 11 is 6.25. The first-order chi connectivity index (χ1) is 17.6. The normalized spacial score (nSPS) is 12.9. The van der Waals surface area contributed by atoms with Gasteiger partial charge in [0.1, 0.15) is 12.4 Å². The van der Waals surface area contributed by atoms with Crippen LogP contribution in [0.4, 0.5) is 0 Å². The number of ether oxygens (including phenoxy) is 1. The van der Waals surface area contributed by atoms with E-state index in [4.69, 9.17) is 31.0 Å². The highest BCUT2D eigenvalue weighted by molar-refractivity contribution is 7.51. The Balaban J connectivity index is 1.59. The standard InChI is InChI=1S/C29H35ClNO5P/c1-21-11-16-28(18-22(21)2)36-29(26-9-7-10-27(30)19-26)23(3)31-35-20-25-14-12-24(13-15-25)8-5-4-6-17-37(32,33)34/h7,9-16,18-19,29H,4-6,8,17,20H2,1-3H3,(H2,32,33,34)/b31-23+. The van der Waals surface area contributed by atoms with E-state index in [9.17, 15) is 4.57 Å². The highest BCUT2D eigenvalue weighted by Gasteiger charge is 2.19. The number of nitrogens with zero attached hydrogens (tertiary/aromatic N) is 1. The molecule has 0 aliphatic carbocycles. The fourth-order valence-corrected chi connectivity index (χ4v) is 4.70. The molecule has 0 fully saturated rings. The van der Waals surface area contributed by atoms with Gasteiger partial charge in [0.05, 0.1) is 5.71 Å². The highest BCUT2D eigenvalue weighted by Crippen LogP contribution is 2.35. The van der Waals surface area contributed by atoms with Crippen molar-refractivity contribution in [2.75, 3.05) is 6.16 Å². The average Bonchev–Trinajstić information content (AvgIpc) is 2.84. The van der Waals surface area contributed by atoms with Crippen LogP contribution in [0, 0.1) is 13.8 Å². The maximum atomic E-state index is 10.9. The molecule has 0 aromatic heterocycles. The minimum absolute atomic E-state index is 0.0446. The van der Waals surface area contributed by atoms with Crippen LogP contribution in [-0.4, -0.2) is 21.7 Å². The van der Waals surface area contributed by atoms with Crippen LogP contribution in [0.2, 0.25) is 5.02 Å². The first-order valence-electron chi connectivity index (χ1n) is 12.4. The molecule has 0 aliphatic rings. The van der Waals surface area contributed by atoms with Gasteiger partial charge in [-0.3, -0.25) is 4.57 Å². The lowest BCUT2D eigenvalue weighted by molar-refractivity contribution is 0.125. The largest absolute Gasteiger partial charge is 0.480 e. The van der Waals surface area contributed by atoms with E-state index >= 15 is 0 Å². The molecule has 1 unspecified atom stereocenters. The molecule has 0 aliphatic heterocycles. The van der Waals surface area contributed by atoms with E-state index in [0.29, 0.717) is 23.8 Å². The molecule has 0 spiro atoms. The van der Waals surface area contributed by atoms with Crippen LogP contribution in [0.1, 0.15) is 60.1 Å². The summed E-state index contributed by atoms with van der Waals surface area (Å²) in [5.41, 5.74) is 6.09. The van der Waals surface area contributed by atoms with E-state index in [1.54, 1.807) is 0 Å². The Bertz CT molecular complexity index is 1240. The smallest absolute Gasteiger partial charge is 0.325 e. The number of oxime groups is 1. The molecule has 198 valence electrons. The van der Waals surface area contributed by atoms with Gasteiger partial charge in [-0.25, -0.2) is 0 Å². The molecule has 0 saturated carbocycles. The van der Waals surface area contributed by atoms with Crippen molar-refractivity contribution in [2.24, 2.45) is 5.16 Å². The Labute approximate surface area is 224 Å². The summed E-state index contributed by atoms with van der Waals surface area (Å²) in [6, 6.07) is 21.7. The van der Waals surface area contributed by atoms with Crippen molar-refractivity contribution >= 4 is 24.9 Å². The fourth-order valence-electron chi connectivity index (χ4n) is 3.87. The zero-order valence-electron chi connectivity index (χ0n) is 21.6. The lowest BCUT2D eigenvalue weighted by Gasteiger charge is -2.20. The zero-order valence-corrected chi connectivity index (χ0v) is 23.2. The van der Waals surface area contributed by atoms with Crippen molar-refractivity contribution in [3.05, 3.63) is 99.6 Å². The Morgan fingerprint density at radius 1 is 0.946 bits per heavy atom. The number of rotatable bonds is 13. The Kier molecular flexibility index (Phi) is 10.8. The molecule has 6 nitrogen and oxygen atoms in total. The molecule has 8 heteroatoms. The monoisotopic (exact) mass is 543 g/mol. The van der Waals surface area contributed by atoms with Crippen molar-refractivity contribution in [1.29, 1.82) is 0 Å². The molecule has 1 atom stereocenters. The van der Waals surface area contributed by atoms with Gasteiger partial charge in [-0.1, -0.05) is 65.6 Å². The van der Waals surface area contributed by atoms with Gasteiger partial charge in [-0.15, -0.1) is 0 Å². The van der Waals surface area contributed by atoms with Crippen LogP contribution in [0.15, 0.2) is 71.9 Å². The Hall–Kier alpha value is -2.63. The molecule has 3 aromatic carbocycles. The third-order valence-corrected chi connectivity index (χ3v) is 7.27. The second-order valence-corrected chi connectivity index (χ2v) is 11.5. The van der Waals surface area contributed by atoms with Crippen molar-refractivity contribution in [3.63, 3.8) is 0 Å². The number of aryl methyl sites for hydroxylation is 3. The van der Waals surface area contributed by atoms with E-state index in [0.717, 1.165) is 41.7 Å². The molecular weight excluding hydrogens is 509 g/mol. The Morgan fingerprint density at radius 3 is 2.35 bits per heavy atom. The number of hydrogen-bond donors (Lipinski definition) is 2. The molecule has 3 rings (SSSR count). The molecule has 2 N–H and O–H groups in total. The summed E-state index contributed by atoms with van der Waals surface area (Å²) in [4.78, 5) is 23.5. The number of benzene rings is 3.